The number of nitrogens with one attached hydrogen (secondary N) is 2. The monoisotopic (exact) mass is 305 g/mol. The van der Waals surface area contributed by atoms with E-state index in [2.05, 4.69) is 25.3 Å². The van der Waals surface area contributed by atoms with Crippen LogP contribution in [0.15, 0.2) is 34.5 Å². The molecule has 21 heavy (non-hydrogen) atoms. The van der Waals surface area contributed by atoms with Crippen molar-refractivity contribution < 1.29 is 4.79 Å². The zero-order chi connectivity index (χ0) is 15.1. The van der Waals surface area contributed by atoms with E-state index < -0.39 is 0 Å². The number of nitrogens with zero attached hydrogens (tertiary/aromatic N) is 3. The van der Waals surface area contributed by atoms with Gasteiger partial charge in [-0.2, -0.15) is 0 Å². The highest BCUT2D eigenvalue weighted by molar-refractivity contribution is 7.99. The maximum absolute atomic E-state index is 11.7. The van der Waals surface area contributed by atoms with Gasteiger partial charge in [0.25, 0.3) is 5.56 Å². The van der Waals surface area contributed by atoms with Gasteiger partial charge >= 0.3 is 0 Å². The first-order chi connectivity index (χ1) is 10.2. The van der Waals surface area contributed by atoms with E-state index in [-0.39, 0.29) is 23.2 Å². The maximum atomic E-state index is 11.7. The second-order valence-corrected chi connectivity index (χ2v) is 5.17. The first-order valence-electron chi connectivity index (χ1n) is 6.47. The molecule has 2 aromatic heterocycles. The lowest BCUT2D eigenvalue weighted by atomic mass is 10.2. The van der Waals surface area contributed by atoms with Gasteiger partial charge in [0, 0.05) is 24.2 Å². The van der Waals surface area contributed by atoms with Crippen LogP contribution in [0.2, 0.25) is 0 Å². The van der Waals surface area contributed by atoms with Crippen molar-refractivity contribution in [3.05, 3.63) is 40.6 Å². The fourth-order valence-corrected chi connectivity index (χ4v) is 2.29. The summed E-state index contributed by atoms with van der Waals surface area (Å²) < 4.78 is 0. The van der Waals surface area contributed by atoms with E-state index in [4.69, 9.17) is 0 Å². The van der Waals surface area contributed by atoms with Crippen LogP contribution in [-0.2, 0) is 11.2 Å². The highest BCUT2D eigenvalue weighted by atomic mass is 32.2. The smallest absolute Gasteiger partial charge is 0.251 e. The lowest BCUT2D eigenvalue weighted by Crippen LogP contribution is -2.17. The molecule has 0 saturated carbocycles. The summed E-state index contributed by atoms with van der Waals surface area (Å²) >= 11 is 1.17. The van der Waals surface area contributed by atoms with Crippen molar-refractivity contribution in [2.75, 3.05) is 11.1 Å². The van der Waals surface area contributed by atoms with Gasteiger partial charge in [-0.3, -0.25) is 14.9 Å². The molecule has 0 aromatic carbocycles. The summed E-state index contributed by atoms with van der Waals surface area (Å²) in [6, 6.07) is 3.14. The fourth-order valence-electron chi connectivity index (χ4n) is 1.59. The van der Waals surface area contributed by atoms with Crippen molar-refractivity contribution in [3.8, 4) is 0 Å². The maximum Gasteiger partial charge on any atom is 0.251 e. The van der Waals surface area contributed by atoms with Crippen LogP contribution in [0, 0.1) is 0 Å². The Morgan fingerprint density at radius 2 is 2.14 bits per heavy atom. The van der Waals surface area contributed by atoms with E-state index in [1.165, 1.54) is 17.8 Å². The molecule has 0 saturated heterocycles. The highest BCUT2D eigenvalue weighted by Crippen LogP contribution is 2.12. The van der Waals surface area contributed by atoms with Crippen LogP contribution in [0.25, 0.3) is 0 Å². The van der Waals surface area contributed by atoms with Crippen LogP contribution in [0.4, 0.5) is 5.95 Å². The Bertz CT molecular complexity index is 659. The van der Waals surface area contributed by atoms with Crippen molar-refractivity contribution in [1.82, 2.24) is 19.9 Å². The summed E-state index contributed by atoms with van der Waals surface area (Å²) in [5.74, 6) is 0.121. The van der Waals surface area contributed by atoms with Crippen molar-refractivity contribution in [2.24, 2.45) is 0 Å². The number of anilines is 1. The van der Waals surface area contributed by atoms with Crippen LogP contribution < -0.4 is 10.9 Å². The zero-order valence-corrected chi connectivity index (χ0v) is 12.3. The van der Waals surface area contributed by atoms with Crippen molar-refractivity contribution in [2.45, 2.75) is 24.9 Å². The second kappa shape index (κ2) is 7.53. The fraction of sp³-hybridized carbons (Fsp3) is 0.308. The molecular formula is C13H15N5O2S. The SMILES string of the molecule is CCCc1cc(=O)[nH]c(SCC(=O)Nc2ncccn2)n1. The van der Waals surface area contributed by atoms with Gasteiger partial charge in [-0.1, -0.05) is 25.1 Å². The molecule has 0 spiro atoms. The molecule has 1 amide bonds. The molecule has 0 atom stereocenters. The summed E-state index contributed by atoms with van der Waals surface area (Å²) in [5.41, 5.74) is 0.526. The van der Waals surface area contributed by atoms with Gasteiger partial charge in [0.15, 0.2) is 5.16 Å². The Hall–Kier alpha value is -2.22. The molecule has 0 radical (unpaired) electrons. The normalized spacial score (nSPS) is 10.3. The largest absolute Gasteiger partial charge is 0.301 e. The molecule has 8 heteroatoms. The van der Waals surface area contributed by atoms with Gasteiger partial charge in [-0.15, -0.1) is 0 Å². The van der Waals surface area contributed by atoms with Crippen LogP contribution >= 0.6 is 11.8 Å². The van der Waals surface area contributed by atoms with Gasteiger partial charge in [0.05, 0.1) is 5.75 Å². The Balaban J connectivity index is 1.93. The second-order valence-electron chi connectivity index (χ2n) is 4.20. The molecule has 0 fully saturated rings. The lowest BCUT2D eigenvalue weighted by Gasteiger charge is -2.04. The molecule has 110 valence electrons. The summed E-state index contributed by atoms with van der Waals surface area (Å²) in [6.45, 7) is 2.02. The molecule has 0 bridgehead atoms. The van der Waals surface area contributed by atoms with Crippen LogP contribution in [0.3, 0.4) is 0 Å². The first-order valence-corrected chi connectivity index (χ1v) is 7.46. The van der Waals surface area contributed by atoms with E-state index >= 15 is 0 Å². The first kappa shape index (κ1) is 15.2. The number of thioether (sulfide) groups is 1. The summed E-state index contributed by atoms with van der Waals surface area (Å²) in [7, 11) is 0. The summed E-state index contributed by atoms with van der Waals surface area (Å²) in [6.07, 6.45) is 4.74. The van der Waals surface area contributed by atoms with Crippen LogP contribution in [0.5, 0.6) is 0 Å². The van der Waals surface area contributed by atoms with E-state index in [0.29, 0.717) is 5.16 Å². The Kier molecular flexibility index (Phi) is 5.44. The molecule has 0 unspecified atom stereocenters. The zero-order valence-electron chi connectivity index (χ0n) is 11.5. The number of H-pyrrole nitrogens is 1. The average Bonchev–Trinajstić information content (AvgIpc) is 2.46. The van der Waals surface area contributed by atoms with Crippen LogP contribution in [-0.4, -0.2) is 31.6 Å². The van der Waals surface area contributed by atoms with Crippen molar-refractivity contribution >= 4 is 23.6 Å². The number of amides is 1. The molecule has 2 heterocycles. The number of aromatic nitrogens is 4. The van der Waals surface area contributed by atoms with Crippen molar-refractivity contribution in [3.63, 3.8) is 0 Å². The van der Waals surface area contributed by atoms with Crippen molar-refractivity contribution in [1.29, 1.82) is 0 Å². The summed E-state index contributed by atoms with van der Waals surface area (Å²) in [4.78, 5) is 38.0. The number of carbonyl (C=O) groups excluding carboxylic acids is 1. The number of rotatable bonds is 6. The molecular weight excluding hydrogens is 290 g/mol. The predicted octanol–water partition coefficient (Wildman–Crippen LogP) is 1.24. The highest BCUT2D eigenvalue weighted by Gasteiger charge is 2.07. The number of carbonyl (C=O) groups is 1. The summed E-state index contributed by atoms with van der Waals surface area (Å²) in [5, 5.41) is 3.00. The minimum absolute atomic E-state index is 0.122. The van der Waals surface area contributed by atoms with Gasteiger partial charge in [-0.05, 0) is 12.5 Å². The molecule has 0 aliphatic rings. The van der Waals surface area contributed by atoms with E-state index in [1.807, 2.05) is 6.92 Å². The number of hydrogen-bond acceptors (Lipinski definition) is 6. The van der Waals surface area contributed by atoms with Gasteiger partial charge < -0.3 is 4.98 Å². The minimum Gasteiger partial charge on any atom is -0.301 e. The average molecular weight is 305 g/mol. The third-order valence-electron chi connectivity index (χ3n) is 2.44. The Morgan fingerprint density at radius 3 is 2.86 bits per heavy atom. The van der Waals surface area contributed by atoms with E-state index in [0.717, 1.165) is 18.5 Å². The molecule has 2 aromatic rings. The standard InChI is InChI=1S/C13H15N5O2S/c1-2-4-9-7-10(19)18-13(16-9)21-8-11(20)17-12-14-5-3-6-15-12/h3,5-7H,2,4,8H2,1H3,(H,16,18,19)(H,14,15,17,20). The van der Waals surface area contributed by atoms with Gasteiger partial charge in [0.1, 0.15) is 0 Å². The van der Waals surface area contributed by atoms with E-state index in [1.54, 1.807) is 18.5 Å². The molecule has 0 aliphatic carbocycles. The minimum atomic E-state index is -0.255. The molecule has 2 N–H and O–H groups in total. The molecule has 7 nitrogen and oxygen atoms in total. The number of aromatic amines is 1. The topological polar surface area (TPSA) is 101 Å². The van der Waals surface area contributed by atoms with E-state index in [9.17, 15) is 9.59 Å². The van der Waals surface area contributed by atoms with Crippen LogP contribution in [0.1, 0.15) is 19.0 Å². The lowest BCUT2D eigenvalue weighted by molar-refractivity contribution is -0.113. The Morgan fingerprint density at radius 1 is 1.38 bits per heavy atom. The van der Waals surface area contributed by atoms with Gasteiger partial charge in [-0.25, -0.2) is 15.0 Å². The third-order valence-corrected chi connectivity index (χ3v) is 3.31. The third kappa shape index (κ3) is 4.99. The molecule has 0 aliphatic heterocycles. The number of aryl methyl sites for hydroxylation is 1. The number of hydrogen-bond donors (Lipinski definition) is 2. The molecule has 2 rings (SSSR count). The predicted molar refractivity (Wildman–Crippen MR) is 80.2 cm³/mol. The van der Waals surface area contributed by atoms with Gasteiger partial charge in [0.2, 0.25) is 11.9 Å². The quantitative estimate of drug-likeness (QED) is 0.615. The Labute approximate surface area is 125 Å².